The van der Waals surface area contributed by atoms with E-state index in [0.717, 1.165) is 12.2 Å². The maximum atomic E-state index is 11.3. The summed E-state index contributed by atoms with van der Waals surface area (Å²) in [6.07, 6.45) is 0.943. The molecule has 0 saturated heterocycles. The van der Waals surface area contributed by atoms with Crippen molar-refractivity contribution in [1.29, 1.82) is 0 Å². The van der Waals surface area contributed by atoms with Gasteiger partial charge in [-0.1, -0.05) is 13.0 Å². The van der Waals surface area contributed by atoms with Gasteiger partial charge in [0.2, 0.25) is 0 Å². The van der Waals surface area contributed by atoms with Gasteiger partial charge in [-0.25, -0.2) is 4.79 Å². The topological polar surface area (TPSA) is 55.8 Å². The summed E-state index contributed by atoms with van der Waals surface area (Å²) >= 11 is 3.22. The molecular formula is C16H15BrO4. The summed E-state index contributed by atoms with van der Waals surface area (Å²) in [6, 6.07) is 12.1. The first-order valence-electron chi connectivity index (χ1n) is 6.54. The fraction of sp³-hybridized carbons (Fsp3) is 0.188. The Hall–Kier alpha value is -2.01. The van der Waals surface area contributed by atoms with E-state index in [9.17, 15) is 9.90 Å². The van der Waals surface area contributed by atoms with E-state index in [-0.39, 0.29) is 5.56 Å². The molecule has 0 aliphatic heterocycles. The van der Waals surface area contributed by atoms with Gasteiger partial charge in [-0.05, 0) is 58.7 Å². The van der Waals surface area contributed by atoms with Gasteiger partial charge >= 0.3 is 5.97 Å². The molecule has 0 radical (unpaired) electrons. The van der Waals surface area contributed by atoms with E-state index in [2.05, 4.69) is 15.9 Å². The van der Waals surface area contributed by atoms with Crippen LogP contribution in [0.2, 0.25) is 0 Å². The van der Waals surface area contributed by atoms with Crippen molar-refractivity contribution in [2.45, 2.75) is 13.3 Å². The van der Waals surface area contributed by atoms with Gasteiger partial charge in [-0.15, -0.1) is 0 Å². The molecule has 0 saturated carbocycles. The van der Waals surface area contributed by atoms with Gasteiger partial charge in [-0.2, -0.15) is 0 Å². The van der Waals surface area contributed by atoms with Crippen LogP contribution in [0, 0.1) is 0 Å². The molecular weight excluding hydrogens is 336 g/mol. The molecule has 0 unspecified atom stereocenters. The molecule has 0 aliphatic carbocycles. The normalized spacial score (nSPS) is 10.2. The standard InChI is InChI=1S/C16H15BrO4/c1-2-10-20-11-6-8-12(9-7-11)21-14-5-3-4-13(17)15(14)16(18)19/h3-9H,2,10H2,1H3,(H,18,19). The summed E-state index contributed by atoms with van der Waals surface area (Å²) in [5.41, 5.74) is 0.101. The SMILES string of the molecule is CCCOc1ccc(Oc2cccc(Br)c2C(=O)O)cc1. The molecule has 0 heterocycles. The summed E-state index contributed by atoms with van der Waals surface area (Å²) in [4.78, 5) is 11.3. The lowest BCUT2D eigenvalue weighted by Gasteiger charge is -2.11. The zero-order valence-electron chi connectivity index (χ0n) is 11.5. The predicted octanol–water partition coefficient (Wildman–Crippen LogP) is 4.73. The smallest absolute Gasteiger partial charge is 0.340 e. The van der Waals surface area contributed by atoms with E-state index in [1.165, 1.54) is 0 Å². The monoisotopic (exact) mass is 350 g/mol. The van der Waals surface area contributed by atoms with Gasteiger partial charge in [-0.3, -0.25) is 0 Å². The highest BCUT2D eigenvalue weighted by atomic mass is 79.9. The van der Waals surface area contributed by atoms with Crippen LogP contribution in [0.3, 0.4) is 0 Å². The highest BCUT2D eigenvalue weighted by Gasteiger charge is 2.15. The Bertz CT molecular complexity index is 623. The zero-order chi connectivity index (χ0) is 15.2. The van der Waals surface area contributed by atoms with Gasteiger partial charge in [0.15, 0.2) is 0 Å². The zero-order valence-corrected chi connectivity index (χ0v) is 13.1. The number of carboxylic acid groups (broad SMARTS) is 1. The number of hydrogen-bond acceptors (Lipinski definition) is 3. The first kappa shape index (κ1) is 15.4. The third kappa shape index (κ3) is 3.98. The van der Waals surface area contributed by atoms with E-state index in [0.29, 0.717) is 22.6 Å². The average Bonchev–Trinajstić information content (AvgIpc) is 2.46. The van der Waals surface area contributed by atoms with Crippen LogP contribution in [0.25, 0.3) is 0 Å². The van der Waals surface area contributed by atoms with Crippen LogP contribution in [0.15, 0.2) is 46.9 Å². The highest BCUT2D eigenvalue weighted by molar-refractivity contribution is 9.10. The van der Waals surface area contributed by atoms with Gasteiger partial charge in [0.25, 0.3) is 0 Å². The lowest BCUT2D eigenvalue weighted by molar-refractivity contribution is 0.0693. The second-order valence-corrected chi connectivity index (χ2v) is 5.19. The third-order valence-electron chi connectivity index (χ3n) is 2.71. The van der Waals surface area contributed by atoms with E-state index < -0.39 is 5.97 Å². The molecule has 110 valence electrons. The first-order chi connectivity index (χ1) is 10.1. The summed E-state index contributed by atoms with van der Waals surface area (Å²) in [6.45, 7) is 2.70. The van der Waals surface area contributed by atoms with Gasteiger partial charge in [0.05, 0.1) is 6.61 Å². The minimum absolute atomic E-state index is 0.101. The van der Waals surface area contributed by atoms with E-state index in [4.69, 9.17) is 9.47 Å². The number of carboxylic acids is 1. The molecule has 0 fully saturated rings. The van der Waals surface area contributed by atoms with Crippen LogP contribution in [0.1, 0.15) is 23.7 Å². The van der Waals surface area contributed by atoms with Crippen molar-refractivity contribution in [2.24, 2.45) is 0 Å². The van der Waals surface area contributed by atoms with Crippen molar-refractivity contribution in [3.8, 4) is 17.2 Å². The maximum Gasteiger partial charge on any atom is 0.340 e. The van der Waals surface area contributed by atoms with Gasteiger partial charge in [0.1, 0.15) is 22.8 Å². The Kier molecular flexibility index (Phi) is 5.22. The molecule has 1 N–H and O–H groups in total. The van der Waals surface area contributed by atoms with Gasteiger partial charge in [0, 0.05) is 4.47 Å². The van der Waals surface area contributed by atoms with Gasteiger partial charge < -0.3 is 14.6 Å². The van der Waals surface area contributed by atoms with Crippen molar-refractivity contribution in [3.63, 3.8) is 0 Å². The quantitative estimate of drug-likeness (QED) is 0.818. The first-order valence-corrected chi connectivity index (χ1v) is 7.33. The van der Waals surface area contributed by atoms with Crippen molar-refractivity contribution in [3.05, 3.63) is 52.5 Å². The van der Waals surface area contributed by atoms with Crippen LogP contribution in [0.5, 0.6) is 17.2 Å². The summed E-state index contributed by atoms with van der Waals surface area (Å²) in [5.74, 6) is 0.566. The second kappa shape index (κ2) is 7.13. The van der Waals surface area contributed by atoms with Crippen molar-refractivity contribution in [1.82, 2.24) is 0 Å². The number of halogens is 1. The molecule has 0 bridgehead atoms. The Morgan fingerprint density at radius 1 is 1.14 bits per heavy atom. The number of carbonyl (C=O) groups is 1. The Balaban J connectivity index is 2.19. The minimum atomic E-state index is -1.04. The maximum absolute atomic E-state index is 11.3. The minimum Gasteiger partial charge on any atom is -0.494 e. The summed E-state index contributed by atoms with van der Waals surface area (Å²) in [5, 5.41) is 9.24. The second-order valence-electron chi connectivity index (χ2n) is 4.34. The largest absolute Gasteiger partial charge is 0.494 e. The molecule has 0 spiro atoms. The van der Waals surface area contributed by atoms with Crippen molar-refractivity contribution >= 4 is 21.9 Å². The Morgan fingerprint density at radius 2 is 1.81 bits per heavy atom. The molecule has 5 heteroatoms. The summed E-state index contributed by atoms with van der Waals surface area (Å²) in [7, 11) is 0. The Morgan fingerprint density at radius 3 is 2.43 bits per heavy atom. The fourth-order valence-electron chi connectivity index (χ4n) is 1.75. The highest BCUT2D eigenvalue weighted by Crippen LogP contribution is 2.31. The molecule has 0 aromatic heterocycles. The number of ether oxygens (including phenoxy) is 2. The molecule has 21 heavy (non-hydrogen) atoms. The van der Waals surface area contributed by atoms with Crippen LogP contribution in [0.4, 0.5) is 0 Å². The summed E-state index contributed by atoms with van der Waals surface area (Å²) < 4.78 is 11.6. The number of aromatic carboxylic acids is 1. The number of benzene rings is 2. The molecule has 2 aromatic carbocycles. The van der Waals surface area contributed by atoms with Crippen LogP contribution < -0.4 is 9.47 Å². The molecule has 0 atom stereocenters. The van der Waals surface area contributed by atoms with E-state index in [1.54, 1.807) is 42.5 Å². The lowest BCUT2D eigenvalue weighted by atomic mass is 10.2. The number of hydrogen-bond donors (Lipinski definition) is 1. The third-order valence-corrected chi connectivity index (χ3v) is 3.37. The predicted molar refractivity (Wildman–Crippen MR) is 83.4 cm³/mol. The molecule has 0 amide bonds. The Labute approximate surface area is 131 Å². The lowest BCUT2D eigenvalue weighted by Crippen LogP contribution is -2.01. The number of rotatable bonds is 6. The van der Waals surface area contributed by atoms with E-state index in [1.807, 2.05) is 6.92 Å². The fourth-order valence-corrected chi connectivity index (χ4v) is 2.27. The van der Waals surface area contributed by atoms with Crippen LogP contribution in [-0.2, 0) is 0 Å². The van der Waals surface area contributed by atoms with Crippen LogP contribution >= 0.6 is 15.9 Å². The molecule has 2 aromatic rings. The van der Waals surface area contributed by atoms with Crippen LogP contribution in [-0.4, -0.2) is 17.7 Å². The molecule has 4 nitrogen and oxygen atoms in total. The molecule has 2 rings (SSSR count). The van der Waals surface area contributed by atoms with Crippen molar-refractivity contribution < 1.29 is 19.4 Å². The average molecular weight is 351 g/mol. The van der Waals surface area contributed by atoms with E-state index >= 15 is 0 Å². The van der Waals surface area contributed by atoms with Crippen molar-refractivity contribution in [2.75, 3.05) is 6.61 Å². The molecule has 0 aliphatic rings.